The molecule has 0 bridgehead atoms. The first-order valence-electron chi connectivity index (χ1n) is 8.69. The normalized spacial score (nSPS) is 23.2. The van der Waals surface area contributed by atoms with Gasteiger partial charge in [0.25, 0.3) is 5.91 Å². The van der Waals surface area contributed by atoms with Crippen molar-refractivity contribution >= 4 is 17.6 Å². The van der Waals surface area contributed by atoms with Gasteiger partial charge in [0.15, 0.2) is 5.75 Å². The van der Waals surface area contributed by atoms with E-state index in [0.717, 1.165) is 6.07 Å². The predicted molar refractivity (Wildman–Crippen MR) is 95.9 cm³/mol. The molecule has 0 aromatic heterocycles. The van der Waals surface area contributed by atoms with Crippen molar-refractivity contribution in [2.75, 3.05) is 13.2 Å². The number of ether oxygens (including phenoxy) is 2. The number of carboxylic acids is 1. The molecule has 0 radical (unpaired) electrons. The first-order chi connectivity index (χ1) is 12.6. The highest BCUT2D eigenvalue weighted by Gasteiger charge is 2.66. The lowest BCUT2D eigenvalue weighted by molar-refractivity contribution is -0.385. The monoisotopic (exact) mass is 380 g/mol. The third kappa shape index (κ3) is 3.46. The molecule has 27 heavy (non-hydrogen) atoms. The summed E-state index contributed by atoms with van der Waals surface area (Å²) in [6.07, 6.45) is -0.192. The highest BCUT2D eigenvalue weighted by atomic mass is 16.6. The van der Waals surface area contributed by atoms with Gasteiger partial charge in [-0.2, -0.15) is 0 Å². The van der Waals surface area contributed by atoms with E-state index in [1.54, 1.807) is 20.8 Å². The SMILES string of the molecule is CCOc1ccc(C(=O)NC2(C(=O)O)CC(OCC)C2(C)C)cc1[N+](=O)[O-]. The van der Waals surface area contributed by atoms with Crippen LogP contribution in [0.5, 0.6) is 5.75 Å². The van der Waals surface area contributed by atoms with Crippen LogP contribution in [0.4, 0.5) is 5.69 Å². The topological polar surface area (TPSA) is 128 Å². The number of aliphatic carboxylic acids is 1. The summed E-state index contributed by atoms with van der Waals surface area (Å²) in [4.78, 5) is 35.2. The number of nitro groups is 1. The molecule has 2 unspecified atom stereocenters. The van der Waals surface area contributed by atoms with Crippen molar-refractivity contribution in [3.05, 3.63) is 33.9 Å². The molecule has 2 atom stereocenters. The summed E-state index contributed by atoms with van der Waals surface area (Å²) in [5, 5.41) is 23.6. The maximum absolute atomic E-state index is 12.7. The average molecular weight is 380 g/mol. The van der Waals surface area contributed by atoms with Crippen molar-refractivity contribution in [2.45, 2.75) is 45.8 Å². The summed E-state index contributed by atoms with van der Waals surface area (Å²) >= 11 is 0. The van der Waals surface area contributed by atoms with E-state index in [0.29, 0.717) is 6.61 Å². The van der Waals surface area contributed by atoms with Crippen molar-refractivity contribution in [1.29, 1.82) is 0 Å². The van der Waals surface area contributed by atoms with Gasteiger partial charge in [0.2, 0.25) is 0 Å². The van der Waals surface area contributed by atoms with E-state index >= 15 is 0 Å². The summed E-state index contributed by atoms with van der Waals surface area (Å²) in [6, 6.07) is 3.79. The lowest BCUT2D eigenvalue weighted by Crippen LogP contribution is -2.76. The minimum absolute atomic E-state index is 0.0126. The molecule has 0 aliphatic heterocycles. The van der Waals surface area contributed by atoms with E-state index in [1.807, 2.05) is 6.92 Å². The average Bonchev–Trinajstić information content (AvgIpc) is 2.60. The molecular weight excluding hydrogens is 356 g/mol. The molecule has 148 valence electrons. The minimum atomic E-state index is -1.52. The second-order valence-electron chi connectivity index (χ2n) is 6.91. The Kier molecular flexibility index (Phi) is 5.74. The molecular formula is C18H24N2O7. The van der Waals surface area contributed by atoms with Crippen LogP contribution in [0.25, 0.3) is 0 Å². The number of hydrogen-bond donors (Lipinski definition) is 2. The molecule has 0 spiro atoms. The number of nitrogens with one attached hydrogen (secondary N) is 1. The Bertz CT molecular complexity index is 762. The molecule has 1 aliphatic carbocycles. The van der Waals surface area contributed by atoms with Gasteiger partial charge in [-0.05, 0) is 26.0 Å². The lowest BCUT2D eigenvalue weighted by Gasteiger charge is -2.58. The number of nitrogens with zero attached hydrogens (tertiary/aromatic N) is 1. The summed E-state index contributed by atoms with van der Waals surface area (Å²) in [5.41, 5.74) is -2.73. The van der Waals surface area contributed by atoms with Crippen molar-refractivity contribution in [3.63, 3.8) is 0 Å². The maximum atomic E-state index is 12.7. The van der Waals surface area contributed by atoms with Gasteiger partial charge in [-0.15, -0.1) is 0 Å². The number of hydrogen-bond acceptors (Lipinski definition) is 6. The van der Waals surface area contributed by atoms with Crippen LogP contribution in [0.1, 0.15) is 44.5 Å². The quantitative estimate of drug-likeness (QED) is 0.523. The number of carbonyl (C=O) groups is 2. The van der Waals surface area contributed by atoms with Crippen molar-refractivity contribution in [3.8, 4) is 5.75 Å². The standard InChI is InChI=1S/C18H24N2O7/c1-5-26-13-8-7-11(9-12(13)20(24)25)15(21)19-18(16(22)23)10-14(27-6-2)17(18,3)4/h7-9,14H,5-6,10H2,1-4H3,(H,19,21)(H,22,23). The molecule has 9 nitrogen and oxygen atoms in total. The molecule has 0 heterocycles. The Balaban J connectivity index is 2.31. The Morgan fingerprint density at radius 3 is 2.48 bits per heavy atom. The van der Waals surface area contributed by atoms with Crippen LogP contribution in [0.15, 0.2) is 18.2 Å². The van der Waals surface area contributed by atoms with Crippen LogP contribution in [0.3, 0.4) is 0 Å². The fourth-order valence-electron chi connectivity index (χ4n) is 3.38. The number of carboxylic acid groups (broad SMARTS) is 1. The van der Waals surface area contributed by atoms with E-state index in [2.05, 4.69) is 5.32 Å². The van der Waals surface area contributed by atoms with Crippen LogP contribution in [-0.2, 0) is 9.53 Å². The van der Waals surface area contributed by atoms with Crippen LogP contribution in [-0.4, -0.2) is 46.8 Å². The molecule has 1 fully saturated rings. The van der Waals surface area contributed by atoms with E-state index in [-0.39, 0.29) is 36.1 Å². The summed E-state index contributed by atoms with van der Waals surface area (Å²) in [5.74, 6) is -1.82. The number of rotatable bonds is 8. The van der Waals surface area contributed by atoms with Gasteiger partial charge in [0.1, 0.15) is 5.54 Å². The molecule has 1 aliphatic rings. The number of nitro benzene ring substituents is 1. The van der Waals surface area contributed by atoms with Crippen LogP contribution in [0, 0.1) is 15.5 Å². The molecule has 1 aromatic rings. The lowest BCUT2D eigenvalue weighted by atomic mass is 9.54. The molecule has 0 saturated heterocycles. The van der Waals surface area contributed by atoms with Crippen LogP contribution < -0.4 is 10.1 Å². The molecule has 1 amide bonds. The second kappa shape index (κ2) is 7.51. The fraction of sp³-hybridized carbons (Fsp3) is 0.556. The molecule has 9 heteroatoms. The van der Waals surface area contributed by atoms with E-state index in [9.17, 15) is 24.8 Å². The first-order valence-corrected chi connectivity index (χ1v) is 8.69. The highest BCUT2D eigenvalue weighted by molar-refractivity contribution is 5.99. The molecule has 1 aromatic carbocycles. The van der Waals surface area contributed by atoms with E-state index in [4.69, 9.17) is 9.47 Å². The van der Waals surface area contributed by atoms with Crippen molar-refractivity contribution < 1.29 is 29.1 Å². The smallest absolute Gasteiger partial charge is 0.330 e. The first kappa shape index (κ1) is 20.6. The molecule has 2 N–H and O–H groups in total. The van der Waals surface area contributed by atoms with Gasteiger partial charge in [-0.3, -0.25) is 14.9 Å². The second-order valence-corrected chi connectivity index (χ2v) is 6.91. The number of benzene rings is 1. The minimum Gasteiger partial charge on any atom is -0.487 e. The van der Waals surface area contributed by atoms with Gasteiger partial charge >= 0.3 is 11.7 Å². The maximum Gasteiger partial charge on any atom is 0.330 e. The van der Waals surface area contributed by atoms with Crippen LogP contribution >= 0.6 is 0 Å². The Hall–Kier alpha value is -2.68. The van der Waals surface area contributed by atoms with Crippen molar-refractivity contribution in [1.82, 2.24) is 5.32 Å². The summed E-state index contributed by atoms with van der Waals surface area (Å²) < 4.78 is 10.8. The van der Waals surface area contributed by atoms with Crippen LogP contribution in [0.2, 0.25) is 0 Å². The number of carbonyl (C=O) groups excluding carboxylic acids is 1. The zero-order valence-corrected chi connectivity index (χ0v) is 15.8. The Morgan fingerprint density at radius 2 is 2.00 bits per heavy atom. The van der Waals surface area contributed by atoms with E-state index in [1.165, 1.54) is 12.1 Å². The van der Waals surface area contributed by atoms with Gasteiger partial charge in [0, 0.05) is 30.1 Å². The Labute approximate surface area is 156 Å². The van der Waals surface area contributed by atoms with Crippen molar-refractivity contribution in [2.24, 2.45) is 5.41 Å². The third-order valence-electron chi connectivity index (χ3n) is 5.17. The third-order valence-corrected chi connectivity index (χ3v) is 5.17. The number of amides is 1. The Morgan fingerprint density at radius 1 is 1.33 bits per heavy atom. The van der Waals surface area contributed by atoms with Gasteiger partial charge < -0.3 is 19.9 Å². The summed E-state index contributed by atoms with van der Waals surface area (Å²) in [7, 11) is 0. The largest absolute Gasteiger partial charge is 0.487 e. The zero-order valence-electron chi connectivity index (χ0n) is 15.8. The fourth-order valence-corrected chi connectivity index (χ4v) is 3.38. The predicted octanol–water partition coefficient (Wildman–Crippen LogP) is 2.38. The van der Waals surface area contributed by atoms with Gasteiger partial charge in [0.05, 0.1) is 17.6 Å². The van der Waals surface area contributed by atoms with Gasteiger partial charge in [-0.25, -0.2) is 4.79 Å². The highest BCUT2D eigenvalue weighted by Crippen LogP contribution is 2.51. The zero-order chi connectivity index (χ0) is 20.4. The van der Waals surface area contributed by atoms with E-state index < -0.39 is 27.8 Å². The summed E-state index contributed by atoms with van der Waals surface area (Å²) in [6.45, 7) is 7.60. The molecule has 2 rings (SSSR count). The molecule has 1 saturated carbocycles. The van der Waals surface area contributed by atoms with Gasteiger partial charge in [-0.1, -0.05) is 13.8 Å².